The van der Waals surface area contributed by atoms with Gasteiger partial charge in [-0.2, -0.15) is 0 Å². The van der Waals surface area contributed by atoms with Gasteiger partial charge in [0.1, 0.15) is 0 Å². The number of nitrogens with zero attached hydrogens (tertiary/aromatic N) is 2. The zero-order valence-corrected chi connectivity index (χ0v) is 12.5. The fourth-order valence-corrected chi connectivity index (χ4v) is 2.99. The average Bonchev–Trinajstić information content (AvgIpc) is 2.71. The highest BCUT2D eigenvalue weighted by atomic mass is 79.9. The third-order valence-corrected chi connectivity index (χ3v) is 4.21. The highest BCUT2D eigenvalue weighted by molar-refractivity contribution is 9.10. The van der Waals surface area contributed by atoms with Crippen LogP contribution in [0.15, 0.2) is 38.4 Å². The minimum Gasteiger partial charge on any atom is -0.416 e. The number of hydrogen-bond donors (Lipinski definition) is 1. The molecule has 0 saturated carbocycles. The monoisotopic (exact) mass is 327 g/mol. The van der Waals surface area contributed by atoms with Crippen LogP contribution >= 0.6 is 27.7 Å². The van der Waals surface area contributed by atoms with E-state index < -0.39 is 0 Å². The summed E-state index contributed by atoms with van der Waals surface area (Å²) in [6.45, 7) is 3.75. The molecule has 2 unspecified atom stereocenters. The molecule has 0 aliphatic rings. The lowest BCUT2D eigenvalue weighted by Crippen LogP contribution is -2.22. The first-order chi connectivity index (χ1) is 8.56. The highest BCUT2D eigenvalue weighted by Gasteiger charge is 2.20. The van der Waals surface area contributed by atoms with Gasteiger partial charge in [0.25, 0.3) is 5.22 Å². The molecule has 6 heteroatoms. The summed E-state index contributed by atoms with van der Waals surface area (Å²) in [5, 5.41) is 8.45. The fourth-order valence-electron chi connectivity index (χ4n) is 1.60. The fraction of sp³-hybridized carbons (Fsp3) is 0.333. The predicted molar refractivity (Wildman–Crippen MR) is 75.4 cm³/mol. The molecule has 1 aromatic heterocycles. The third kappa shape index (κ3) is 3.34. The number of benzene rings is 1. The van der Waals surface area contributed by atoms with Crippen molar-refractivity contribution in [2.24, 2.45) is 5.73 Å². The second-order valence-corrected chi connectivity index (χ2v) is 6.05. The van der Waals surface area contributed by atoms with E-state index in [4.69, 9.17) is 10.2 Å². The Morgan fingerprint density at radius 2 is 2.17 bits per heavy atom. The molecule has 0 radical (unpaired) electrons. The number of nitrogens with two attached hydrogens (primary N) is 1. The maximum atomic E-state index is 6.05. The first-order valence-electron chi connectivity index (χ1n) is 5.54. The molecule has 0 amide bonds. The Bertz CT molecular complexity index is 530. The summed E-state index contributed by atoms with van der Waals surface area (Å²) in [6, 6.07) is 8.08. The van der Waals surface area contributed by atoms with Crippen molar-refractivity contribution >= 4 is 27.7 Å². The zero-order chi connectivity index (χ0) is 13.1. The summed E-state index contributed by atoms with van der Waals surface area (Å²) in [5.41, 5.74) is 7.19. The number of hydrogen-bond acceptors (Lipinski definition) is 5. The molecule has 18 heavy (non-hydrogen) atoms. The van der Waals surface area contributed by atoms with Crippen LogP contribution in [0.1, 0.15) is 23.6 Å². The molecule has 96 valence electrons. The summed E-state index contributed by atoms with van der Waals surface area (Å²) in [5.74, 6) is 0.565. The lowest BCUT2D eigenvalue weighted by Gasteiger charge is -2.18. The van der Waals surface area contributed by atoms with Crippen molar-refractivity contribution in [3.05, 3.63) is 40.2 Å². The largest absolute Gasteiger partial charge is 0.416 e. The smallest absolute Gasteiger partial charge is 0.277 e. The Morgan fingerprint density at radius 3 is 2.72 bits per heavy atom. The quantitative estimate of drug-likeness (QED) is 0.872. The number of aryl methyl sites for hydroxylation is 1. The summed E-state index contributed by atoms with van der Waals surface area (Å²) in [6.07, 6.45) is 0. The second kappa shape index (κ2) is 5.86. The van der Waals surface area contributed by atoms with Gasteiger partial charge in [-0.3, -0.25) is 0 Å². The standard InChI is InChI=1S/C12H14BrN3OS/c1-7(14)11(9-4-3-5-10(13)6-9)18-12-16-15-8(2)17-12/h3-7,11H,14H2,1-2H3. The van der Waals surface area contributed by atoms with E-state index in [1.54, 1.807) is 6.92 Å². The van der Waals surface area contributed by atoms with Crippen LogP contribution in [-0.4, -0.2) is 16.2 Å². The molecule has 0 saturated heterocycles. The van der Waals surface area contributed by atoms with E-state index >= 15 is 0 Å². The van der Waals surface area contributed by atoms with Gasteiger partial charge < -0.3 is 10.2 Å². The molecule has 0 aliphatic heterocycles. The number of aromatic nitrogens is 2. The lowest BCUT2D eigenvalue weighted by atomic mass is 10.1. The molecule has 2 aromatic rings. The third-order valence-electron chi connectivity index (χ3n) is 2.39. The van der Waals surface area contributed by atoms with Gasteiger partial charge in [-0.1, -0.05) is 39.8 Å². The van der Waals surface area contributed by atoms with Gasteiger partial charge in [0.2, 0.25) is 5.89 Å². The van der Waals surface area contributed by atoms with Crippen LogP contribution < -0.4 is 5.73 Å². The molecule has 2 atom stereocenters. The zero-order valence-electron chi connectivity index (χ0n) is 10.1. The Labute approximate surface area is 118 Å². The van der Waals surface area contributed by atoms with Crippen molar-refractivity contribution < 1.29 is 4.42 Å². The topological polar surface area (TPSA) is 64.9 Å². The molecule has 0 bridgehead atoms. The van der Waals surface area contributed by atoms with Crippen molar-refractivity contribution in [1.29, 1.82) is 0 Å². The first kappa shape index (κ1) is 13.6. The van der Waals surface area contributed by atoms with Crippen molar-refractivity contribution in [3.63, 3.8) is 0 Å². The van der Waals surface area contributed by atoms with E-state index in [0.29, 0.717) is 11.1 Å². The first-order valence-corrected chi connectivity index (χ1v) is 7.21. The molecule has 0 fully saturated rings. The van der Waals surface area contributed by atoms with Gasteiger partial charge in [0.15, 0.2) is 0 Å². The van der Waals surface area contributed by atoms with E-state index in [2.05, 4.69) is 38.3 Å². The van der Waals surface area contributed by atoms with Crippen LogP contribution in [0.3, 0.4) is 0 Å². The minimum atomic E-state index is -0.0171. The van der Waals surface area contributed by atoms with Crippen molar-refractivity contribution in [1.82, 2.24) is 10.2 Å². The van der Waals surface area contributed by atoms with E-state index in [1.165, 1.54) is 11.8 Å². The Balaban J connectivity index is 2.23. The van der Waals surface area contributed by atoms with Crippen LogP contribution in [0.4, 0.5) is 0 Å². The van der Waals surface area contributed by atoms with Gasteiger partial charge in [-0.05, 0) is 24.6 Å². The minimum absolute atomic E-state index is 0.0171. The van der Waals surface area contributed by atoms with E-state index in [1.807, 2.05) is 19.1 Å². The van der Waals surface area contributed by atoms with E-state index in [0.717, 1.165) is 10.0 Å². The molecule has 1 heterocycles. The van der Waals surface area contributed by atoms with Gasteiger partial charge in [-0.15, -0.1) is 10.2 Å². The van der Waals surface area contributed by atoms with Crippen LogP contribution in [-0.2, 0) is 0 Å². The SMILES string of the molecule is Cc1nnc(SC(c2cccc(Br)c2)C(C)N)o1. The normalized spacial score (nSPS) is 14.4. The van der Waals surface area contributed by atoms with Gasteiger partial charge >= 0.3 is 0 Å². The molecule has 4 nitrogen and oxygen atoms in total. The molecule has 1 aromatic carbocycles. The molecular formula is C12H14BrN3OS. The number of halogens is 1. The molecular weight excluding hydrogens is 314 g/mol. The van der Waals surface area contributed by atoms with E-state index in [9.17, 15) is 0 Å². The maximum absolute atomic E-state index is 6.05. The highest BCUT2D eigenvalue weighted by Crippen LogP contribution is 2.37. The summed E-state index contributed by atoms with van der Waals surface area (Å²) in [7, 11) is 0. The van der Waals surface area contributed by atoms with Crippen molar-refractivity contribution in [3.8, 4) is 0 Å². The average molecular weight is 328 g/mol. The van der Waals surface area contributed by atoms with Crippen molar-refractivity contribution in [2.45, 2.75) is 30.4 Å². The van der Waals surface area contributed by atoms with Gasteiger partial charge in [0.05, 0.1) is 5.25 Å². The summed E-state index contributed by atoms with van der Waals surface area (Å²) >= 11 is 4.96. The molecule has 0 spiro atoms. The number of thioether (sulfide) groups is 1. The summed E-state index contributed by atoms with van der Waals surface area (Å²) in [4.78, 5) is 0. The Morgan fingerprint density at radius 1 is 1.39 bits per heavy atom. The van der Waals surface area contributed by atoms with Gasteiger partial charge in [-0.25, -0.2) is 0 Å². The molecule has 2 N–H and O–H groups in total. The summed E-state index contributed by atoms with van der Waals surface area (Å²) < 4.78 is 6.42. The van der Waals surface area contributed by atoms with Crippen LogP contribution in [0.5, 0.6) is 0 Å². The Kier molecular flexibility index (Phi) is 4.42. The van der Waals surface area contributed by atoms with Gasteiger partial charge in [0, 0.05) is 17.4 Å². The Hall–Kier alpha value is -0.850. The lowest BCUT2D eigenvalue weighted by molar-refractivity contribution is 0.427. The van der Waals surface area contributed by atoms with E-state index in [-0.39, 0.29) is 11.3 Å². The van der Waals surface area contributed by atoms with Crippen molar-refractivity contribution in [2.75, 3.05) is 0 Å². The molecule has 2 rings (SSSR count). The number of rotatable bonds is 4. The van der Waals surface area contributed by atoms with Crippen LogP contribution in [0.2, 0.25) is 0 Å². The maximum Gasteiger partial charge on any atom is 0.277 e. The molecule has 0 aliphatic carbocycles. The van der Waals surface area contributed by atoms with Crippen LogP contribution in [0.25, 0.3) is 0 Å². The van der Waals surface area contributed by atoms with Crippen LogP contribution in [0, 0.1) is 6.92 Å². The second-order valence-electron chi connectivity index (χ2n) is 4.04. The predicted octanol–water partition coefficient (Wildman–Crippen LogP) is 3.32.